The summed E-state index contributed by atoms with van der Waals surface area (Å²) in [4.78, 5) is 15.0. The number of halogens is 3. The van der Waals surface area contributed by atoms with Crippen molar-refractivity contribution in [3.8, 4) is 34.3 Å². The van der Waals surface area contributed by atoms with Gasteiger partial charge < -0.3 is 19.1 Å². The van der Waals surface area contributed by atoms with Crippen LogP contribution >= 0.6 is 0 Å². The van der Waals surface area contributed by atoms with E-state index in [1.165, 1.54) is 19.2 Å². The normalized spacial score (nSPS) is 15.2. The van der Waals surface area contributed by atoms with E-state index >= 15 is 0 Å². The number of para-hydroxylation sites is 1. The van der Waals surface area contributed by atoms with Crippen LogP contribution in [0.1, 0.15) is 18.4 Å². The molecule has 5 rings (SSSR count). The number of alkyl halides is 3. The summed E-state index contributed by atoms with van der Waals surface area (Å²) in [6.45, 7) is -0.332. The van der Waals surface area contributed by atoms with Crippen LogP contribution in [0.15, 0.2) is 76.1 Å². The van der Waals surface area contributed by atoms with Crippen molar-refractivity contribution in [1.82, 2.24) is 10.1 Å². The third kappa shape index (κ3) is 5.68. The first kappa shape index (κ1) is 28.0. The lowest BCUT2D eigenvalue weighted by Crippen LogP contribution is -2.43. The third-order valence-electron chi connectivity index (χ3n) is 6.34. The number of rotatable bonds is 8. The summed E-state index contributed by atoms with van der Waals surface area (Å²) in [6, 6.07) is 14.8. The number of fused-ring (bicyclic) bond motifs is 1. The van der Waals surface area contributed by atoms with Crippen molar-refractivity contribution in [2.45, 2.75) is 30.0 Å². The molecule has 0 radical (unpaired) electrons. The molecule has 0 aliphatic carbocycles. The molecule has 1 aromatic heterocycles. The van der Waals surface area contributed by atoms with Gasteiger partial charge in [0.25, 0.3) is 15.9 Å². The quantitative estimate of drug-likeness (QED) is 0.293. The molecule has 2 heterocycles. The molecule has 4 aromatic rings. The van der Waals surface area contributed by atoms with Crippen molar-refractivity contribution in [3.05, 3.63) is 72.3 Å². The Hall–Kier alpha value is -4.59. The van der Waals surface area contributed by atoms with Crippen LogP contribution in [-0.2, 0) is 21.0 Å². The van der Waals surface area contributed by atoms with Crippen LogP contribution in [0.2, 0.25) is 0 Å². The van der Waals surface area contributed by atoms with Gasteiger partial charge in [0.2, 0.25) is 5.82 Å². The number of carboxylic acid groups (broad SMARTS) is 1. The number of ether oxygens (including phenoxy) is 2. The van der Waals surface area contributed by atoms with Gasteiger partial charge in [-0.1, -0.05) is 23.4 Å². The first-order chi connectivity index (χ1) is 19.5. The maximum Gasteiger partial charge on any atom is 0.416 e. The summed E-state index contributed by atoms with van der Waals surface area (Å²) in [5.41, 5.74) is -0.232. The Labute approximate surface area is 232 Å². The van der Waals surface area contributed by atoms with Gasteiger partial charge in [-0.15, -0.1) is 0 Å². The molecule has 0 fully saturated rings. The highest BCUT2D eigenvalue weighted by Gasteiger charge is 2.37. The zero-order chi connectivity index (χ0) is 29.4. The molecule has 1 aliphatic heterocycles. The third-order valence-corrected chi connectivity index (χ3v) is 8.12. The Morgan fingerprint density at radius 1 is 1.12 bits per heavy atom. The average molecular weight is 590 g/mol. The SMILES string of the molecule is COc1ccccc1-c1nc(-c2ccc3c(c2)N(S(=O)(=O)c2cccc(C(F)(F)F)c2)CC(CCC(=O)O)O3)no1. The van der Waals surface area contributed by atoms with E-state index in [9.17, 15) is 26.4 Å². The molecular formula is C27H22F3N3O7S. The highest BCUT2D eigenvalue weighted by atomic mass is 32.2. The Bertz CT molecular complexity index is 1710. The average Bonchev–Trinajstić information content (AvgIpc) is 3.45. The summed E-state index contributed by atoms with van der Waals surface area (Å²) in [6.07, 6.45) is -5.96. The number of methoxy groups -OCH3 is 1. The van der Waals surface area contributed by atoms with Crippen LogP contribution in [0, 0.1) is 0 Å². The number of hydrogen-bond acceptors (Lipinski definition) is 8. The maximum absolute atomic E-state index is 13.7. The number of hydrogen-bond donors (Lipinski definition) is 1. The first-order valence-corrected chi connectivity index (χ1v) is 13.6. The number of benzene rings is 3. The van der Waals surface area contributed by atoms with E-state index in [2.05, 4.69) is 10.1 Å². The van der Waals surface area contributed by atoms with Gasteiger partial charge in [-0.2, -0.15) is 18.2 Å². The zero-order valence-corrected chi connectivity index (χ0v) is 22.1. The standard InChI is InChI=1S/C27H22F3N3O7S/c1-38-22-8-3-2-7-20(22)26-31-25(32-40-26)16-9-11-23-21(13-16)33(15-18(39-23)10-12-24(34)35)41(36,37)19-6-4-5-17(14-19)27(28,29)30/h2-9,11,13-14,18H,10,12,15H2,1H3,(H,34,35). The van der Waals surface area contributed by atoms with E-state index in [4.69, 9.17) is 19.1 Å². The Morgan fingerprint density at radius 2 is 1.90 bits per heavy atom. The topological polar surface area (TPSA) is 132 Å². The summed E-state index contributed by atoms with van der Waals surface area (Å²) < 4.78 is 85.1. The minimum absolute atomic E-state index is 0.0233. The van der Waals surface area contributed by atoms with Crippen LogP contribution in [-0.4, -0.2) is 49.4 Å². The van der Waals surface area contributed by atoms with E-state index in [-0.39, 0.29) is 42.5 Å². The van der Waals surface area contributed by atoms with Crippen LogP contribution < -0.4 is 13.8 Å². The Morgan fingerprint density at radius 3 is 2.63 bits per heavy atom. The molecule has 3 aromatic carbocycles. The molecule has 0 saturated carbocycles. The van der Waals surface area contributed by atoms with Gasteiger partial charge in [-0.25, -0.2) is 8.42 Å². The van der Waals surface area contributed by atoms with Crippen LogP contribution in [0.5, 0.6) is 11.5 Å². The second kappa shape index (κ2) is 10.8. The van der Waals surface area contributed by atoms with E-state index in [0.29, 0.717) is 22.9 Å². The molecule has 0 amide bonds. The number of nitrogens with zero attached hydrogens (tertiary/aromatic N) is 3. The fraction of sp³-hybridized carbons (Fsp3) is 0.222. The van der Waals surface area contributed by atoms with Crippen molar-refractivity contribution < 1.29 is 45.5 Å². The number of anilines is 1. The minimum Gasteiger partial charge on any atom is -0.496 e. The van der Waals surface area contributed by atoms with Gasteiger partial charge in [0.15, 0.2) is 0 Å². The van der Waals surface area contributed by atoms with E-state index < -0.39 is 38.7 Å². The van der Waals surface area contributed by atoms with Crippen LogP contribution in [0.3, 0.4) is 0 Å². The second-order valence-corrected chi connectivity index (χ2v) is 10.9. The lowest BCUT2D eigenvalue weighted by atomic mass is 10.1. The van der Waals surface area contributed by atoms with Crippen LogP contribution in [0.4, 0.5) is 18.9 Å². The predicted octanol–water partition coefficient (Wildman–Crippen LogP) is 5.25. The summed E-state index contributed by atoms with van der Waals surface area (Å²) in [5, 5.41) is 13.1. The number of sulfonamides is 1. The second-order valence-electron chi connectivity index (χ2n) is 9.04. The van der Waals surface area contributed by atoms with Gasteiger partial charge in [0.1, 0.15) is 17.6 Å². The van der Waals surface area contributed by atoms with E-state index in [1.807, 2.05) is 0 Å². The number of carbonyl (C=O) groups is 1. The molecule has 1 N–H and O–H groups in total. The highest BCUT2D eigenvalue weighted by molar-refractivity contribution is 7.92. The molecule has 0 saturated heterocycles. The molecule has 10 nitrogen and oxygen atoms in total. The molecule has 14 heteroatoms. The van der Waals surface area contributed by atoms with Gasteiger partial charge in [0.05, 0.1) is 35.4 Å². The monoisotopic (exact) mass is 589 g/mol. The summed E-state index contributed by atoms with van der Waals surface area (Å²) in [7, 11) is -3.06. The lowest BCUT2D eigenvalue weighted by molar-refractivity contribution is -0.138. The molecule has 41 heavy (non-hydrogen) atoms. The number of aromatic nitrogens is 2. The molecule has 0 bridgehead atoms. The largest absolute Gasteiger partial charge is 0.496 e. The summed E-state index contributed by atoms with van der Waals surface area (Å²) in [5.74, 6) is -0.261. The zero-order valence-electron chi connectivity index (χ0n) is 21.3. The molecule has 1 aliphatic rings. The molecule has 1 atom stereocenters. The van der Waals surface area contributed by atoms with Crippen molar-refractivity contribution in [1.29, 1.82) is 0 Å². The Balaban J connectivity index is 1.56. The highest BCUT2D eigenvalue weighted by Crippen LogP contribution is 2.41. The summed E-state index contributed by atoms with van der Waals surface area (Å²) >= 11 is 0. The number of carboxylic acids is 1. The molecule has 1 unspecified atom stereocenters. The minimum atomic E-state index is -4.76. The van der Waals surface area contributed by atoms with Gasteiger partial charge >= 0.3 is 12.1 Å². The van der Waals surface area contributed by atoms with E-state index in [0.717, 1.165) is 22.5 Å². The molecule has 214 valence electrons. The van der Waals surface area contributed by atoms with Crippen LogP contribution in [0.25, 0.3) is 22.8 Å². The molecule has 0 spiro atoms. The van der Waals surface area contributed by atoms with Crippen molar-refractivity contribution in [3.63, 3.8) is 0 Å². The van der Waals surface area contributed by atoms with Gasteiger partial charge in [-0.05, 0) is 55.0 Å². The molecular weight excluding hydrogens is 567 g/mol. The smallest absolute Gasteiger partial charge is 0.416 e. The fourth-order valence-corrected chi connectivity index (χ4v) is 5.89. The fourth-order valence-electron chi connectivity index (χ4n) is 4.35. The van der Waals surface area contributed by atoms with Crippen molar-refractivity contribution >= 4 is 21.7 Å². The predicted molar refractivity (Wildman–Crippen MR) is 139 cm³/mol. The Kier molecular flexibility index (Phi) is 7.34. The first-order valence-electron chi connectivity index (χ1n) is 12.2. The van der Waals surface area contributed by atoms with Crippen molar-refractivity contribution in [2.75, 3.05) is 18.0 Å². The van der Waals surface area contributed by atoms with Gasteiger partial charge in [0, 0.05) is 12.0 Å². The number of aliphatic carboxylic acids is 1. The van der Waals surface area contributed by atoms with E-state index in [1.54, 1.807) is 30.3 Å². The van der Waals surface area contributed by atoms with Gasteiger partial charge in [-0.3, -0.25) is 9.10 Å². The van der Waals surface area contributed by atoms with Crippen molar-refractivity contribution in [2.24, 2.45) is 0 Å². The lowest BCUT2D eigenvalue weighted by Gasteiger charge is -2.35. The maximum atomic E-state index is 13.7.